The number of carbonyl (C=O) groups is 2. The molecule has 0 saturated heterocycles. The molecule has 0 unspecified atom stereocenters. The summed E-state index contributed by atoms with van der Waals surface area (Å²) >= 11 is 1.63. The van der Waals surface area contributed by atoms with Crippen LogP contribution in [0.3, 0.4) is 0 Å². The Bertz CT molecular complexity index is 497. The standard InChI is InChI=1S/C14H17NO3S/c1-15(11-4-3-5-12(8-11)19-2)13(16)9-6-10(7-9)14(17)18/h3-5,8-10H,6-7H2,1-2H3,(H,17,18). The summed E-state index contributed by atoms with van der Waals surface area (Å²) in [4.78, 5) is 25.7. The number of amides is 1. The van der Waals surface area contributed by atoms with Crippen molar-refractivity contribution in [3.8, 4) is 0 Å². The predicted octanol–water partition coefficient (Wildman–Crippen LogP) is 2.48. The minimum absolute atomic E-state index is 0.00996. The Balaban J connectivity index is 2.01. The van der Waals surface area contributed by atoms with E-state index in [1.165, 1.54) is 0 Å². The molecule has 0 aliphatic heterocycles. The molecule has 0 spiro atoms. The fourth-order valence-corrected chi connectivity index (χ4v) is 2.69. The van der Waals surface area contributed by atoms with E-state index in [-0.39, 0.29) is 17.7 Å². The molecule has 0 aromatic heterocycles. The van der Waals surface area contributed by atoms with E-state index in [9.17, 15) is 9.59 Å². The molecule has 102 valence electrons. The molecule has 0 atom stereocenters. The van der Waals surface area contributed by atoms with Crippen LogP contribution in [0.2, 0.25) is 0 Å². The highest BCUT2D eigenvalue weighted by Crippen LogP contribution is 2.36. The molecule has 5 heteroatoms. The Kier molecular flexibility index (Phi) is 4.14. The van der Waals surface area contributed by atoms with Gasteiger partial charge in [0.25, 0.3) is 0 Å². The summed E-state index contributed by atoms with van der Waals surface area (Å²) in [6, 6.07) is 7.78. The summed E-state index contributed by atoms with van der Waals surface area (Å²) in [5.74, 6) is -1.28. The zero-order valence-corrected chi connectivity index (χ0v) is 11.8. The van der Waals surface area contributed by atoms with Gasteiger partial charge in [0.05, 0.1) is 5.92 Å². The van der Waals surface area contributed by atoms with E-state index in [4.69, 9.17) is 5.11 Å². The van der Waals surface area contributed by atoms with Gasteiger partial charge < -0.3 is 10.0 Å². The number of nitrogens with zero attached hydrogens (tertiary/aromatic N) is 1. The number of hydrogen-bond donors (Lipinski definition) is 1. The lowest BCUT2D eigenvalue weighted by molar-refractivity contribution is -0.148. The zero-order chi connectivity index (χ0) is 14.0. The normalized spacial score (nSPS) is 21.6. The van der Waals surface area contributed by atoms with Gasteiger partial charge in [0.2, 0.25) is 5.91 Å². The van der Waals surface area contributed by atoms with Gasteiger partial charge in [0.1, 0.15) is 0 Å². The maximum Gasteiger partial charge on any atom is 0.306 e. The number of anilines is 1. The molecule has 1 N–H and O–H groups in total. The van der Waals surface area contributed by atoms with E-state index in [0.29, 0.717) is 12.8 Å². The van der Waals surface area contributed by atoms with E-state index in [1.807, 2.05) is 30.5 Å². The van der Waals surface area contributed by atoms with Gasteiger partial charge in [-0.2, -0.15) is 0 Å². The molecule has 1 fully saturated rings. The van der Waals surface area contributed by atoms with Crippen LogP contribution in [0.1, 0.15) is 12.8 Å². The monoisotopic (exact) mass is 279 g/mol. The van der Waals surface area contributed by atoms with Crippen molar-refractivity contribution in [1.29, 1.82) is 0 Å². The number of carboxylic acids is 1. The first-order valence-corrected chi connectivity index (χ1v) is 7.40. The molecule has 1 aromatic carbocycles. The van der Waals surface area contributed by atoms with Gasteiger partial charge in [0.15, 0.2) is 0 Å². The Morgan fingerprint density at radius 3 is 2.58 bits per heavy atom. The number of carboxylic acid groups (broad SMARTS) is 1. The second-order valence-electron chi connectivity index (χ2n) is 4.80. The van der Waals surface area contributed by atoms with Crippen LogP contribution in [0.5, 0.6) is 0 Å². The smallest absolute Gasteiger partial charge is 0.306 e. The molecule has 1 aliphatic rings. The summed E-state index contributed by atoms with van der Waals surface area (Å²) < 4.78 is 0. The summed E-state index contributed by atoms with van der Waals surface area (Å²) in [6.45, 7) is 0. The molecule has 1 aliphatic carbocycles. The lowest BCUT2D eigenvalue weighted by Crippen LogP contribution is -2.42. The highest BCUT2D eigenvalue weighted by atomic mass is 32.2. The molecule has 1 aromatic rings. The molecule has 0 radical (unpaired) electrons. The number of aliphatic carboxylic acids is 1. The van der Waals surface area contributed by atoms with Gasteiger partial charge in [0, 0.05) is 23.5 Å². The largest absolute Gasteiger partial charge is 0.481 e. The first-order chi connectivity index (χ1) is 9.02. The van der Waals surface area contributed by atoms with Crippen LogP contribution < -0.4 is 4.90 Å². The Labute approximate surface area is 116 Å². The van der Waals surface area contributed by atoms with Crippen molar-refractivity contribution in [2.75, 3.05) is 18.2 Å². The van der Waals surface area contributed by atoms with Crippen LogP contribution in [0, 0.1) is 11.8 Å². The summed E-state index contributed by atoms with van der Waals surface area (Å²) in [6.07, 6.45) is 2.91. The molecular weight excluding hydrogens is 262 g/mol. The first kappa shape index (κ1) is 13.9. The van der Waals surface area contributed by atoms with Crippen molar-refractivity contribution >= 4 is 29.3 Å². The van der Waals surface area contributed by atoms with Crippen LogP contribution in [-0.4, -0.2) is 30.3 Å². The van der Waals surface area contributed by atoms with Crippen molar-refractivity contribution in [1.82, 2.24) is 0 Å². The van der Waals surface area contributed by atoms with E-state index in [0.717, 1.165) is 10.6 Å². The predicted molar refractivity (Wildman–Crippen MR) is 75.5 cm³/mol. The van der Waals surface area contributed by atoms with Gasteiger partial charge in [-0.25, -0.2) is 0 Å². The average molecular weight is 279 g/mol. The Morgan fingerprint density at radius 2 is 2.00 bits per heavy atom. The highest BCUT2D eigenvalue weighted by Gasteiger charge is 2.40. The lowest BCUT2D eigenvalue weighted by atomic mass is 9.74. The highest BCUT2D eigenvalue weighted by molar-refractivity contribution is 7.98. The van der Waals surface area contributed by atoms with Gasteiger partial charge >= 0.3 is 5.97 Å². The number of hydrogen-bond acceptors (Lipinski definition) is 3. The maximum atomic E-state index is 12.2. The third-order valence-electron chi connectivity index (χ3n) is 3.61. The van der Waals surface area contributed by atoms with E-state index in [1.54, 1.807) is 23.7 Å². The van der Waals surface area contributed by atoms with E-state index in [2.05, 4.69) is 0 Å². The fraction of sp³-hybridized carbons (Fsp3) is 0.429. The first-order valence-electron chi connectivity index (χ1n) is 6.17. The van der Waals surface area contributed by atoms with Crippen molar-refractivity contribution in [3.05, 3.63) is 24.3 Å². The Hall–Kier alpha value is -1.49. The van der Waals surface area contributed by atoms with Crippen LogP contribution in [0.25, 0.3) is 0 Å². The van der Waals surface area contributed by atoms with E-state index < -0.39 is 5.97 Å². The maximum absolute atomic E-state index is 12.2. The summed E-state index contributed by atoms with van der Waals surface area (Å²) in [5.41, 5.74) is 0.857. The second-order valence-corrected chi connectivity index (χ2v) is 5.68. The molecule has 0 bridgehead atoms. The number of benzene rings is 1. The molecule has 2 rings (SSSR count). The van der Waals surface area contributed by atoms with Gasteiger partial charge in [-0.05, 0) is 37.3 Å². The van der Waals surface area contributed by atoms with Crippen molar-refractivity contribution < 1.29 is 14.7 Å². The van der Waals surface area contributed by atoms with Crippen LogP contribution in [0.4, 0.5) is 5.69 Å². The topological polar surface area (TPSA) is 57.6 Å². The van der Waals surface area contributed by atoms with Gasteiger partial charge in [-0.3, -0.25) is 9.59 Å². The minimum atomic E-state index is -0.795. The molecule has 0 heterocycles. The third-order valence-corrected chi connectivity index (χ3v) is 4.33. The van der Waals surface area contributed by atoms with Crippen molar-refractivity contribution in [3.63, 3.8) is 0 Å². The SMILES string of the molecule is CSc1cccc(N(C)C(=O)C2CC(C(=O)O)C2)c1. The number of rotatable bonds is 4. The molecule has 1 saturated carbocycles. The number of thioether (sulfide) groups is 1. The van der Waals surface area contributed by atoms with Gasteiger partial charge in [-0.15, -0.1) is 11.8 Å². The van der Waals surface area contributed by atoms with Crippen LogP contribution >= 0.6 is 11.8 Å². The number of carbonyl (C=O) groups excluding carboxylic acids is 1. The lowest BCUT2D eigenvalue weighted by Gasteiger charge is -2.34. The quantitative estimate of drug-likeness (QED) is 0.860. The molecular formula is C14H17NO3S. The minimum Gasteiger partial charge on any atom is -0.481 e. The van der Waals surface area contributed by atoms with Crippen molar-refractivity contribution in [2.24, 2.45) is 11.8 Å². The van der Waals surface area contributed by atoms with Gasteiger partial charge in [-0.1, -0.05) is 6.07 Å². The van der Waals surface area contributed by atoms with Crippen LogP contribution in [0.15, 0.2) is 29.2 Å². The van der Waals surface area contributed by atoms with Crippen LogP contribution in [-0.2, 0) is 9.59 Å². The molecule has 1 amide bonds. The molecule has 19 heavy (non-hydrogen) atoms. The average Bonchev–Trinajstić information content (AvgIpc) is 2.35. The third kappa shape index (κ3) is 2.92. The molecule has 4 nitrogen and oxygen atoms in total. The summed E-state index contributed by atoms with van der Waals surface area (Å²) in [7, 11) is 1.75. The second kappa shape index (κ2) is 5.65. The zero-order valence-electron chi connectivity index (χ0n) is 11.0. The Morgan fingerprint density at radius 1 is 1.32 bits per heavy atom. The summed E-state index contributed by atoms with van der Waals surface area (Å²) in [5, 5.41) is 8.83. The fourth-order valence-electron chi connectivity index (χ4n) is 2.24. The van der Waals surface area contributed by atoms with Crippen molar-refractivity contribution in [2.45, 2.75) is 17.7 Å². The van der Waals surface area contributed by atoms with E-state index >= 15 is 0 Å².